The van der Waals surface area contributed by atoms with Gasteiger partial charge in [0.05, 0.1) is 23.5 Å². The third-order valence-electron chi connectivity index (χ3n) is 4.23. The molecule has 0 bridgehead atoms. The zero-order valence-corrected chi connectivity index (χ0v) is 17.0. The van der Waals surface area contributed by atoms with Gasteiger partial charge in [-0.25, -0.2) is 4.79 Å². The molecule has 0 radical (unpaired) electrons. The number of nitrogens with one attached hydrogen (secondary N) is 2. The minimum absolute atomic E-state index is 0.147. The normalized spacial score (nSPS) is 10.1. The van der Waals surface area contributed by atoms with E-state index in [0.29, 0.717) is 29.3 Å². The second-order valence-corrected chi connectivity index (χ2v) is 6.42. The molecule has 2 N–H and O–H groups in total. The summed E-state index contributed by atoms with van der Waals surface area (Å²) < 4.78 is 10.6. The van der Waals surface area contributed by atoms with E-state index in [-0.39, 0.29) is 11.5 Å². The van der Waals surface area contributed by atoms with Crippen molar-refractivity contribution in [3.63, 3.8) is 0 Å². The first-order valence-corrected chi connectivity index (χ1v) is 9.72. The molecule has 7 nitrogen and oxygen atoms in total. The van der Waals surface area contributed by atoms with E-state index in [1.54, 1.807) is 72.8 Å². The van der Waals surface area contributed by atoms with Crippen molar-refractivity contribution in [2.75, 3.05) is 23.8 Å². The van der Waals surface area contributed by atoms with Crippen LogP contribution >= 0.6 is 0 Å². The second-order valence-electron chi connectivity index (χ2n) is 6.42. The molecule has 0 aliphatic carbocycles. The maximum absolute atomic E-state index is 12.5. The van der Waals surface area contributed by atoms with Crippen LogP contribution < -0.4 is 15.4 Å². The Bertz CT molecular complexity index is 1070. The zero-order chi connectivity index (χ0) is 22.1. The largest absolute Gasteiger partial charge is 0.492 e. The van der Waals surface area contributed by atoms with Crippen molar-refractivity contribution >= 4 is 29.2 Å². The average Bonchev–Trinajstić information content (AvgIpc) is 2.80. The van der Waals surface area contributed by atoms with Crippen molar-refractivity contribution in [2.45, 2.75) is 6.92 Å². The van der Waals surface area contributed by atoms with Crippen molar-refractivity contribution in [3.05, 3.63) is 90.0 Å². The SMILES string of the molecule is CCOc1ccccc1NC(=O)COC(=O)c1ccccc1NC(=O)c1ccccc1. The maximum atomic E-state index is 12.5. The molecule has 7 heteroatoms. The van der Waals surface area contributed by atoms with Gasteiger partial charge in [-0.05, 0) is 43.3 Å². The molecule has 0 spiro atoms. The summed E-state index contributed by atoms with van der Waals surface area (Å²) in [6.07, 6.45) is 0. The lowest BCUT2D eigenvalue weighted by atomic mass is 10.1. The topological polar surface area (TPSA) is 93.7 Å². The number of carbonyl (C=O) groups is 3. The lowest BCUT2D eigenvalue weighted by Crippen LogP contribution is -2.22. The van der Waals surface area contributed by atoms with Gasteiger partial charge in [0.1, 0.15) is 5.75 Å². The molecule has 3 aromatic rings. The highest BCUT2D eigenvalue weighted by molar-refractivity contribution is 6.08. The lowest BCUT2D eigenvalue weighted by Gasteiger charge is -2.12. The van der Waals surface area contributed by atoms with E-state index in [0.717, 1.165) is 0 Å². The van der Waals surface area contributed by atoms with Crippen molar-refractivity contribution in [3.8, 4) is 5.75 Å². The summed E-state index contributed by atoms with van der Waals surface area (Å²) in [6, 6.07) is 22.1. The van der Waals surface area contributed by atoms with Gasteiger partial charge in [0, 0.05) is 5.56 Å². The average molecular weight is 418 g/mol. The van der Waals surface area contributed by atoms with E-state index < -0.39 is 18.5 Å². The Kier molecular flexibility index (Phi) is 7.37. The molecule has 158 valence electrons. The predicted molar refractivity (Wildman–Crippen MR) is 117 cm³/mol. The van der Waals surface area contributed by atoms with Crippen LogP contribution in [0, 0.1) is 0 Å². The third-order valence-corrected chi connectivity index (χ3v) is 4.23. The maximum Gasteiger partial charge on any atom is 0.340 e. The molecule has 2 amide bonds. The Balaban J connectivity index is 1.62. The van der Waals surface area contributed by atoms with Crippen LogP contribution in [0.2, 0.25) is 0 Å². The summed E-state index contributed by atoms with van der Waals surface area (Å²) in [5.74, 6) is -1.06. The Morgan fingerprint density at radius 2 is 1.42 bits per heavy atom. The van der Waals surface area contributed by atoms with Gasteiger partial charge < -0.3 is 20.1 Å². The van der Waals surface area contributed by atoms with Gasteiger partial charge in [0.25, 0.3) is 11.8 Å². The number of rotatable bonds is 8. The van der Waals surface area contributed by atoms with Gasteiger partial charge in [-0.3, -0.25) is 9.59 Å². The minimum Gasteiger partial charge on any atom is -0.492 e. The summed E-state index contributed by atoms with van der Waals surface area (Å²) in [7, 11) is 0. The van der Waals surface area contributed by atoms with E-state index in [9.17, 15) is 14.4 Å². The summed E-state index contributed by atoms with van der Waals surface area (Å²) in [6.45, 7) is 1.81. The number of amides is 2. The molecule has 0 saturated heterocycles. The second kappa shape index (κ2) is 10.6. The fourth-order valence-electron chi connectivity index (χ4n) is 2.80. The predicted octanol–water partition coefficient (Wildman–Crippen LogP) is 4.13. The molecule has 0 atom stereocenters. The van der Waals surface area contributed by atoms with Gasteiger partial charge in [-0.1, -0.05) is 42.5 Å². The zero-order valence-electron chi connectivity index (χ0n) is 17.0. The first-order chi connectivity index (χ1) is 15.1. The van der Waals surface area contributed by atoms with Crippen LogP contribution in [0.4, 0.5) is 11.4 Å². The molecule has 0 heterocycles. The lowest BCUT2D eigenvalue weighted by molar-refractivity contribution is -0.119. The highest BCUT2D eigenvalue weighted by Gasteiger charge is 2.17. The molecular formula is C24H22N2O5. The van der Waals surface area contributed by atoms with E-state index in [4.69, 9.17) is 9.47 Å². The Morgan fingerprint density at radius 1 is 0.774 bits per heavy atom. The van der Waals surface area contributed by atoms with Crippen LogP contribution in [0.1, 0.15) is 27.6 Å². The molecule has 3 aromatic carbocycles. The molecule has 0 aliphatic rings. The first kappa shape index (κ1) is 21.6. The Hall–Kier alpha value is -4.13. The monoisotopic (exact) mass is 418 g/mol. The van der Waals surface area contributed by atoms with Crippen molar-refractivity contribution in [2.24, 2.45) is 0 Å². The van der Waals surface area contributed by atoms with E-state index in [2.05, 4.69) is 10.6 Å². The number of ether oxygens (including phenoxy) is 2. The molecule has 0 fully saturated rings. The summed E-state index contributed by atoms with van der Waals surface area (Å²) in [5.41, 5.74) is 1.39. The highest BCUT2D eigenvalue weighted by Crippen LogP contribution is 2.23. The fraction of sp³-hybridized carbons (Fsp3) is 0.125. The van der Waals surface area contributed by atoms with Gasteiger partial charge in [-0.15, -0.1) is 0 Å². The van der Waals surface area contributed by atoms with Gasteiger partial charge in [-0.2, -0.15) is 0 Å². The smallest absolute Gasteiger partial charge is 0.340 e. The van der Waals surface area contributed by atoms with Crippen LogP contribution in [-0.4, -0.2) is 31.0 Å². The Labute approximate surface area is 180 Å². The quantitative estimate of drug-likeness (QED) is 0.537. The molecule has 3 rings (SSSR count). The number of esters is 1. The fourth-order valence-corrected chi connectivity index (χ4v) is 2.80. The van der Waals surface area contributed by atoms with Crippen LogP contribution in [0.15, 0.2) is 78.9 Å². The molecule has 0 aliphatic heterocycles. The van der Waals surface area contributed by atoms with E-state index in [1.165, 1.54) is 6.07 Å². The van der Waals surface area contributed by atoms with Crippen LogP contribution in [0.25, 0.3) is 0 Å². The minimum atomic E-state index is -0.725. The standard InChI is InChI=1S/C24H22N2O5/c1-2-30-21-15-9-8-14-20(21)25-22(27)16-31-24(29)18-12-6-7-13-19(18)26-23(28)17-10-4-3-5-11-17/h3-15H,2,16H2,1H3,(H,25,27)(H,26,28). The van der Waals surface area contributed by atoms with Crippen LogP contribution in [-0.2, 0) is 9.53 Å². The number of anilines is 2. The summed E-state index contributed by atoms with van der Waals surface area (Å²) >= 11 is 0. The van der Waals surface area contributed by atoms with Crippen LogP contribution in [0.3, 0.4) is 0 Å². The molecule has 0 saturated carbocycles. The summed E-state index contributed by atoms with van der Waals surface area (Å²) in [5, 5.41) is 5.36. The van der Waals surface area contributed by atoms with E-state index in [1.807, 2.05) is 6.92 Å². The first-order valence-electron chi connectivity index (χ1n) is 9.72. The molecule has 0 aromatic heterocycles. The van der Waals surface area contributed by atoms with Crippen LogP contribution in [0.5, 0.6) is 5.75 Å². The van der Waals surface area contributed by atoms with Gasteiger partial charge in [0.2, 0.25) is 0 Å². The highest BCUT2D eigenvalue weighted by atomic mass is 16.5. The number of benzene rings is 3. The number of hydrogen-bond acceptors (Lipinski definition) is 5. The van der Waals surface area contributed by atoms with Gasteiger partial charge in [0.15, 0.2) is 6.61 Å². The van der Waals surface area contributed by atoms with Crippen molar-refractivity contribution in [1.82, 2.24) is 0 Å². The van der Waals surface area contributed by atoms with Crippen molar-refractivity contribution in [1.29, 1.82) is 0 Å². The van der Waals surface area contributed by atoms with Crippen molar-refractivity contribution < 1.29 is 23.9 Å². The number of hydrogen-bond donors (Lipinski definition) is 2. The number of carbonyl (C=O) groups excluding carboxylic acids is 3. The van der Waals surface area contributed by atoms with Gasteiger partial charge >= 0.3 is 5.97 Å². The molecule has 0 unspecified atom stereocenters. The molecular weight excluding hydrogens is 396 g/mol. The Morgan fingerprint density at radius 3 is 2.16 bits per heavy atom. The molecule has 31 heavy (non-hydrogen) atoms. The third kappa shape index (κ3) is 5.93. The van der Waals surface area contributed by atoms with E-state index >= 15 is 0 Å². The summed E-state index contributed by atoms with van der Waals surface area (Å²) in [4.78, 5) is 37.2. The number of para-hydroxylation sites is 3.